The molecule has 17 heavy (non-hydrogen) atoms. The lowest BCUT2D eigenvalue weighted by Gasteiger charge is -2.11. The van der Waals surface area contributed by atoms with E-state index in [2.05, 4.69) is 59.3 Å². The van der Waals surface area contributed by atoms with Crippen LogP contribution in [0.5, 0.6) is 0 Å². The van der Waals surface area contributed by atoms with Crippen molar-refractivity contribution in [2.45, 2.75) is 26.2 Å². The molecule has 0 fully saturated rings. The van der Waals surface area contributed by atoms with Gasteiger partial charge in [-0.3, -0.25) is 0 Å². The van der Waals surface area contributed by atoms with Crippen molar-refractivity contribution < 1.29 is 0 Å². The molecule has 0 saturated heterocycles. The van der Waals surface area contributed by atoms with Crippen LogP contribution in [0.2, 0.25) is 0 Å². The summed E-state index contributed by atoms with van der Waals surface area (Å²) in [5.41, 5.74) is 4.46. The zero-order valence-corrected chi connectivity index (χ0v) is 11.5. The molecule has 0 atom stereocenters. The predicted octanol–water partition coefficient (Wildman–Crippen LogP) is 5.34. The van der Waals surface area contributed by atoms with Gasteiger partial charge in [0.05, 0.1) is 0 Å². The summed E-state index contributed by atoms with van der Waals surface area (Å²) in [7, 11) is 0. The SMILES string of the molecule is CCCC1=CCc2c1c(Br)cc1ccccc21. The Morgan fingerprint density at radius 1 is 1.24 bits per heavy atom. The van der Waals surface area contributed by atoms with Gasteiger partial charge in [-0.05, 0) is 46.4 Å². The maximum Gasteiger partial charge on any atom is 0.0259 e. The van der Waals surface area contributed by atoms with E-state index in [1.807, 2.05) is 0 Å². The topological polar surface area (TPSA) is 0 Å². The summed E-state index contributed by atoms with van der Waals surface area (Å²) in [5, 5.41) is 2.75. The Hall–Kier alpha value is -1.08. The maximum atomic E-state index is 3.74. The van der Waals surface area contributed by atoms with Crippen LogP contribution in [-0.4, -0.2) is 0 Å². The largest absolute Gasteiger partial charge is 0.0762 e. The van der Waals surface area contributed by atoms with Gasteiger partial charge >= 0.3 is 0 Å². The molecule has 2 aromatic carbocycles. The van der Waals surface area contributed by atoms with Crippen LogP contribution < -0.4 is 0 Å². The van der Waals surface area contributed by atoms with Gasteiger partial charge in [0.25, 0.3) is 0 Å². The molecule has 1 heteroatoms. The van der Waals surface area contributed by atoms with Gasteiger partial charge < -0.3 is 0 Å². The molecule has 0 amide bonds. The summed E-state index contributed by atoms with van der Waals surface area (Å²) in [5.74, 6) is 0. The Morgan fingerprint density at radius 2 is 2.06 bits per heavy atom. The van der Waals surface area contributed by atoms with Crippen LogP contribution in [0.4, 0.5) is 0 Å². The Balaban J connectivity index is 2.26. The molecule has 0 saturated carbocycles. The van der Waals surface area contributed by atoms with E-state index in [1.54, 1.807) is 0 Å². The second-order valence-corrected chi connectivity index (χ2v) is 5.47. The van der Waals surface area contributed by atoms with Crippen molar-refractivity contribution in [2.24, 2.45) is 0 Å². The smallest absolute Gasteiger partial charge is 0.0259 e. The molecule has 0 bridgehead atoms. The molecule has 0 N–H and O–H groups in total. The first-order chi connectivity index (χ1) is 8.31. The molecule has 0 aromatic heterocycles. The van der Waals surface area contributed by atoms with E-state index in [4.69, 9.17) is 0 Å². The molecule has 1 aliphatic carbocycles. The number of rotatable bonds is 2. The van der Waals surface area contributed by atoms with Gasteiger partial charge in [0.15, 0.2) is 0 Å². The molecule has 86 valence electrons. The van der Waals surface area contributed by atoms with Gasteiger partial charge in [-0.15, -0.1) is 0 Å². The highest BCUT2D eigenvalue weighted by Gasteiger charge is 2.18. The maximum absolute atomic E-state index is 3.74. The fraction of sp³-hybridized carbons (Fsp3) is 0.250. The van der Waals surface area contributed by atoms with E-state index in [-0.39, 0.29) is 0 Å². The highest BCUT2D eigenvalue weighted by Crippen LogP contribution is 2.40. The van der Waals surface area contributed by atoms with Crippen molar-refractivity contribution in [1.82, 2.24) is 0 Å². The van der Waals surface area contributed by atoms with E-state index in [9.17, 15) is 0 Å². The third kappa shape index (κ3) is 1.73. The molecule has 0 heterocycles. The summed E-state index contributed by atoms with van der Waals surface area (Å²) in [6.07, 6.45) is 5.88. The Morgan fingerprint density at radius 3 is 2.88 bits per heavy atom. The van der Waals surface area contributed by atoms with Crippen molar-refractivity contribution in [3.05, 3.63) is 52.0 Å². The predicted molar refractivity (Wildman–Crippen MR) is 78.2 cm³/mol. The van der Waals surface area contributed by atoms with Crippen molar-refractivity contribution in [2.75, 3.05) is 0 Å². The Labute approximate surface area is 110 Å². The molecule has 1 aliphatic rings. The van der Waals surface area contributed by atoms with Crippen LogP contribution in [-0.2, 0) is 6.42 Å². The minimum atomic E-state index is 1.09. The van der Waals surface area contributed by atoms with Crippen LogP contribution in [0.1, 0.15) is 30.9 Å². The summed E-state index contributed by atoms with van der Waals surface area (Å²) in [6, 6.07) is 10.9. The van der Waals surface area contributed by atoms with E-state index >= 15 is 0 Å². The zero-order valence-electron chi connectivity index (χ0n) is 9.96. The normalized spacial score (nSPS) is 13.9. The van der Waals surface area contributed by atoms with Crippen molar-refractivity contribution in [1.29, 1.82) is 0 Å². The molecule has 2 aromatic rings. The van der Waals surface area contributed by atoms with E-state index in [0.717, 1.165) is 6.42 Å². The second kappa shape index (κ2) is 4.30. The lowest BCUT2D eigenvalue weighted by molar-refractivity contribution is 0.974. The quantitative estimate of drug-likeness (QED) is 0.699. The van der Waals surface area contributed by atoms with E-state index < -0.39 is 0 Å². The van der Waals surface area contributed by atoms with Gasteiger partial charge in [0, 0.05) is 4.47 Å². The van der Waals surface area contributed by atoms with Gasteiger partial charge in [-0.1, -0.05) is 59.6 Å². The average Bonchev–Trinajstić information content (AvgIpc) is 2.75. The van der Waals surface area contributed by atoms with Gasteiger partial charge in [0.2, 0.25) is 0 Å². The van der Waals surface area contributed by atoms with Crippen LogP contribution in [0, 0.1) is 0 Å². The molecular formula is C16H15Br. The number of fused-ring (bicyclic) bond motifs is 3. The molecule has 0 unspecified atom stereocenters. The molecular weight excluding hydrogens is 272 g/mol. The lowest BCUT2D eigenvalue weighted by atomic mass is 9.97. The van der Waals surface area contributed by atoms with E-state index in [0.29, 0.717) is 0 Å². The van der Waals surface area contributed by atoms with Gasteiger partial charge in [0.1, 0.15) is 0 Å². The lowest BCUT2D eigenvalue weighted by Crippen LogP contribution is -1.89. The summed E-state index contributed by atoms with van der Waals surface area (Å²) < 4.78 is 1.25. The first-order valence-electron chi connectivity index (χ1n) is 6.20. The summed E-state index contributed by atoms with van der Waals surface area (Å²) in [6.45, 7) is 2.24. The number of hydrogen-bond acceptors (Lipinski definition) is 0. The number of benzene rings is 2. The minimum absolute atomic E-state index is 1.09. The number of allylic oxidation sites excluding steroid dienone is 2. The molecule has 3 rings (SSSR count). The Kier molecular flexibility index (Phi) is 2.79. The first-order valence-corrected chi connectivity index (χ1v) is 7.00. The van der Waals surface area contributed by atoms with Crippen molar-refractivity contribution >= 4 is 32.3 Å². The third-order valence-electron chi connectivity index (χ3n) is 3.50. The van der Waals surface area contributed by atoms with Crippen LogP contribution >= 0.6 is 15.9 Å². The highest BCUT2D eigenvalue weighted by molar-refractivity contribution is 9.10. The fourth-order valence-corrected chi connectivity index (χ4v) is 3.51. The Bertz CT molecular complexity index is 608. The fourth-order valence-electron chi connectivity index (χ4n) is 2.77. The van der Waals surface area contributed by atoms with Crippen LogP contribution in [0.15, 0.2) is 40.9 Å². The van der Waals surface area contributed by atoms with Crippen LogP contribution in [0.25, 0.3) is 16.3 Å². The molecule has 0 spiro atoms. The highest BCUT2D eigenvalue weighted by atomic mass is 79.9. The molecule has 0 radical (unpaired) electrons. The summed E-state index contributed by atoms with van der Waals surface area (Å²) in [4.78, 5) is 0. The van der Waals surface area contributed by atoms with Gasteiger partial charge in [-0.2, -0.15) is 0 Å². The summed E-state index contributed by atoms with van der Waals surface area (Å²) >= 11 is 3.74. The van der Waals surface area contributed by atoms with Crippen molar-refractivity contribution in [3.63, 3.8) is 0 Å². The number of halogens is 1. The zero-order chi connectivity index (χ0) is 11.8. The third-order valence-corrected chi connectivity index (χ3v) is 4.13. The molecule has 0 aliphatic heterocycles. The second-order valence-electron chi connectivity index (χ2n) is 4.62. The molecule has 0 nitrogen and oxygen atoms in total. The standard InChI is InChI=1S/C16H15Br/c1-2-5-11-8-9-14-13-7-4-3-6-12(13)10-15(17)16(11)14/h3-4,6-8,10H,2,5,9H2,1H3. The first kappa shape index (κ1) is 11.0. The van der Waals surface area contributed by atoms with Crippen molar-refractivity contribution in [3.8, 4) is 0 Å². The average molecular weight is 287 g/mol. The van der Waals surface area contributed by atoms with E-state index in [1.165, 1.54) is 44.8 Å². The number of hydrogen-bond donors (Lipinski definition) is 0. The monoisotopic (exact) mass is 286 g/mol. The van der Waals surface area contributed by atoms with Gasteiger partial charge in [-0.25, -0.2) is 0 Å². The van der Waals surface area contributed by atoms with Crippen LogP contribution in [0.3, 0.4) is 0 Å². The minimum Gasteiger partial charge on any atom is -0.0762 e.